The zero-order chi connectivity index (χ0) is 19.5. The van der Waals surface area contributed by atoms with Crippen molar-refractivity contribution in [1.82, 2.24) is 9.88 Å². The summed E-state index contributed by atoms with van der Waals surface area (Å²) in [7, 11) is 0. The number of hydrogen-bond acceptors (Lipinski definition) is 3. The number of piperidine rings is 1. The van der Waals surface area contributed by atoms with Gasteiger partial charge in [0.15, 0.2) is 0 Å². The van der Waals surface area contributed by atoms with Gasteiger partial charge in [0, 0.05) is 36.4 Å². The Morgan fingerprint density at radius 2 is 1.85 bits per heavy atom. The van der Waals surface area contributed by atoms with Crippen molar-refractivity contribution in [2.24, 2.45) is 10.8 Å². The van der Waals surface area contributed by atoms with Gasteiger partial charge in [-0.1, -0.05) is 51.1 Å². The summed E-state index contributed by atoms with van der Waals surface area (Å²) >= 11 is 0. The van der Waals surface area contributed by atoms with Crippen LogP contribution in [0.1, 0.15) is 45.6 Å². The second-order valence-electron chi connectivity index (χ2n) is 8.67. The molecule has 0 bridgehead atoms. The number of likely N-dealkylation sites (tertiary alicyclic amines) is 1. The minimum atomic E-state index is -0.200. The smallest absolute Gasteiger partial charge is 0.131 e. The van der Waals surface area contributed by atoms with Crippen molar-refractivity contribution in [2.75, 3.05) is 13.1 Å². The van der Waals surface area contributed by atoms with Crippen LogP contribution in [0.25, 0.3) is 11.3 Å². The van der Waals surface area contributed by atoms with Crippen LogP contribution >= 0.6 is 0 Å². The van der Waals surface area contributed by atoms with Gasteiger partial charge in [0.1, 0.15) is 5.82 Å². The molecule has 1 fully saturated rings. The fraction of sp³-hybridized carbons (Fsp3) is 0.478. The zero-order valence-corrected chi connectivity index (χ0v) is 16.5. The lowest BCUT2D eigenvalue weighted by atomic mass is 9.60. The van der Waals surface area contributed by atoms with Crippen LogP contribution in [0.5, 0.6) is 0 Å². The SMILES string of the molecule is CC(C)(C)C1(CC#N)CCN(Cc2cnc(-c3ccccc3)cc2F)CC1. The van der Waals surface area contributed by atoms with E-state index < -0.39 is 0 Å². The average Bonchev–Trinajstić information content (AvgIpc) is 2.65. The van der Waals surface area contributed by atoms with E-state index in [1.165, 1.54) is 6.07 Å². The van der Waals surface area contributed by atoms with Gasteiger partial charge in [-0.05, 0) is 36.8 Å². The predicted octanol–water partition coefficient (Wildman–Crippen LogP) is 5.43. The number of nitriles is 1. The maximum atomic E-state index is 14.6. The molecule has 1 aromatic heterocycles. The first-order chi connectivity index (χ1) is 12.8. The highest BCUT2D eigenvalue weighted by atomic mass is 19.1. The predicted molar refractivity (Wildman–Crippen MR) is 106 cm³/mol. The molecule has 0 spiro atoms. The van der Waals surface area contributed by atoms with Crippen molar-refractivity contribution < 1.29 is 4.39 Å². The minimum Gasteiger partial charge on any atom is -0.299 e. The van der Waals surface area contributed by atoms with Crippen LogP contribution in [-0.4, -0.2) is 23.0 Å². The van der Waals surface area contributed by atoms with E-state index in [9.17, 15) is 9.65 Å². The standard InChI is InChI=1S/C23H28FN3/c1-22(2,3)23(9-12-25)10-13-27(14-11-23)17-19-16-26-21(15-20(19)24)18-7-5-4-6-8-18/h4-8,15-16H,9-11,13-14,17H2,1-3H3. The molecule has 1 aliphatic rings. The molecule has 2 aromatic rings. The molecule has 0 aliphatic carbocycles. The number of benzene rings is 1. The van der Waals surface area contributed by atoms with Crippen LogP contribution in [0.3, 0.4) is 0 Å². The van der Waals surface area contributed by atoms with Gasteiger partial charge in [-0.3, -0.25) is 9.88 Å². The summed E-state index contributed by atoms with van der Waals surface area (Å²) in [6.45, 7) is 9.03. The first-order valence-corrected chi connectivity index (χ1v) is 9.64. The zero-order valence-electron chi connectivity index (χ0n) is 16.5. The van der Waals surface area contributed by atoms with E-state index in [0.717, 1.165) is 31.5 Å². The summed E-state index contributed by atoms with van der Waals surface area (Å²) in [6, 6.07) is 13.6. The summed E-state index contributed by atoms with van der Waals surface area (Å²) < 4.78 is 14.6. The van der Waals surface area contributed by atoms with Crippen molar-refractivity contribution in [3.8, 4) is 17.3 Å². The third-order valence-electron chi connectivity index (χ3n) is 6.21. The van der Waals surface area contributed by atoms with Gasteiger partial charge in [-0.15, -0.1) is 0 Å². The minimum absolute atomic E-state index is 0.0478. The average molecular weight is 365 g/mol. The molecule has 0 saturated carbocycles. The third kappa shape index (κ3) is 4.20. The number of nitrogens with zero attached hydrogens (tertiary/aromatic N) is 3. The fourth-order valence-electron chi connectivity index (χ4n) is 4.07. The number of hydrogen-bond donors (Lipinski definition) is 0. The molecule has 27 heavy (non-hydrogen) atoms. The first-order valence-electron chi connectivity index (χ1n) is 9.64. The van der Waals surface area contributed by atoms with Gasteiger partial charge in [0.2, 0.25) is 0 Å². The van der Waals surface area contributed by atoms with E-state index in [1.54, 1.807) is 6.20 Å². The lowest BCUT2D eigenvalue weighted by Crippen LogP contribution is -2.46. The molecule has 1 aromatic carbocycles. The number of aromatic nitrogens is 1. The number of halogens is 1. The molecule has 3 rings (SSSR count). The second-order valence-corrected chi connectivity index (χ2v) is 8.67. The monoisotopic (exact) mass is 365 g/mol. The molecular weight excluding hydrogens is 337 g/mol. The van der Waals surface area contributed by atoms with E-state index in [1.807, 2.05) is 30.3 Å². The Morgan fingerprint density at radius 1 is 1.19 bits per heavy atom. The molecule has 1 aliphatic heterocycles. The third-order valence-corrected chi connectivity index (χ3v) is 6.21. The van der Waals surface area contributed by atoms with E-state index >= 15 is 0 Å². The van der Waals surface area contributed by atoms with E-state index in [4.69, 9.17) is 0 Å². The highest BCUT2D eigenvalue weighted by Gasteiger charge is 2.43. The Kier molecular flexibility index (Phi) is 5.62. The van der Waals surface area contributed by atoms with E-state index in [0.29, 0.717) is 24.2 Å². The van der Waals surface area contributed by atoms with Gasteiger partial charge in [-0.25, -0.2) is 4.39 Å². The maximum absolute atomic E-state index is 14.6. The lowest BCUT2D eigenvalue weighted by Gasteiger charge is -2.49. The van der Waals surface area contributed by atoms with E-state index in [-0.39, 0.29) is 16.6 Å². The van der Waals surface area contributed by atoms with Crippen LogP contribution in [0.4, 0.5) is 4.39 Å². The summed E-state index contributed by atoms with van der Waals surface area (Å²) in [5, 5.41) is 9.28. The first kappa shape index (κ1) is 19.5. The Morgan fingerprint density at radius 3 is 2.41 bits per heavy atom. The summed E-state index contributed by atoms with van der Waals surface area (Å²) in [5.41, 5.74) is 2.37. The Hall–Kier alpha value is -2.25. The molecule has 1 saturated heterocycles. The molecule has 2 heterocycles. The molecule has 0 unspecified atom stereocenters. The fourth-order valence-corrected chi connectivity index (χ4v) is 4.07. The largest absolute Gasteiger partial charge is 0.299 e. The molecular formula is C23H28FN3. The Bertz CT molecular complexity index is 810. The molecule has 0 atom stereocenters. The molecule has 4 heteroatoms. The Balaban J connectivity index is 1.68. The molecule has 0 radical (unpaired) electrons. The normalized spacial score (nSPS) is 17.4. The number of rotatable bonds is 4. The number of pyridine rings is 1. The highest BCUT2D eigenvalue weighted by molar-refractivity contribution is 5.58. The van der Waals surface area contributed by atoms with Gasteiger partial charge < -0.3 is 0 Å². The van der Waals surface area contributed by atoms with E-state index in [2.05, 4.69) is 36.7 Å². The maximum Gasteiger partial charge on any atom is 0.131 e. The van der Waals surface area contributed by atoms with Gasteiger partial charge in [0.05, 0.1) is 11.8 Å². The van der Waals surface area contributed by atoms with Crippen LogP contribution in [0.2, 0.25) is 0 Å². The molecule has 142 valence electrons. The van der Waals surface area contributed by atoms with Crippen LogP contribution in [-0.2, 0) is 6.54 Å². The second kappa shape index (κ2) is 7.78. The summed E-state index contributed by atoms with van der Waals surface area (Å²) in [6.07, 6.45) is 4.20. The van der Waals surface area contributed by atoms with Crippen LogP contribution in [0.15, 0.2) is 42.6 Å². The quantitative estimate of drug-likeness (QED) is 0.725. The highest BCUT2D eigenvalue weighted by Crippen LogP contribution is 2.49. The van der Waals surface area contributed by atoms with Crippen molar-refractivity contribution >= 4 is 0 Å². The van der Waals surface area contributed by atoms with Crippen molar-refractivity contribution in [3.05, 3.63) is 54.0 Å². The van der Waals surface area contributed by atoms with Gasteiger partial charge in [0.25, 0.3) is 0 Å². The summed E-state index contributed by atoms with van der Waals surface area (Å²) in [5.74, 6) is -0.200. The molecule has 0 N–H and O–H groups in total. The summed E-state index contributed by atoms with van der Waals surface area (Å²) in [4.78, 5) is 6.74. The van der Waals surface area contributed by atoms with Crippen molar-refractivity contribution in [1.29, 1.82) is 5.26 Å². The van der Waals surface area contributed by atoms with Crippen LogP contribution in [0, 0.1) is 28.0 Å². The molecule has 3 nitrogen and oxygen atoms in total. The van der Waals surface area contributed by atoms with Crippen molar-refractivity contribution in [3.63, 3.8) is 0 Å². The van der Waals surface area contributed by atoms with Crippen LogP contribution < -0.4 is 0 Å². The molecule has 0 amide bonds. The topological polar surface area (TPSA) is 39.9 Å². The lowest BCUT2D eigenvalue weighted by molar-refractivity contribution is 0.00681. The van der Waals surface area contributed by atoms with Gasteiger partial charge in [-0.2, -0.15) is 5.26 Å². The van der Waals surface area contributed by atoms with Crippen molar-refractivity contribution in [2.45, 2.75) is 46.6 Å². The Labute approximate surface area is 161 Å². The van der Waals surface area contributed by atoms with Gasteiger partial charge >= 0.3 is 0 Å².